The van der Waals surface area contributed by atoms with Crippen LogP contribution in [0.15, 0.2) is 0 Å². The fourth-order valence-electron chi connectivity index (χ4n) is 1.34. The third kappa shape index (κ3) is 3.09. The zero-order chi connectivity index (χ0) is 11.8. The van der Waals surface area contributed by atoms with Gasteiger partial charge in [-0.05, 0) is 5.92 Å². The van der Waals surface area contributed by atoms with Crippen LogP contribution >= 0.6 is 22.3 Å². The molecule has 1 aromatic heterocycles. The van der Waals surface area contributed by atoms with Crippen LogP contribution in [0.1, 0.15) is 31.0 Å². The summed E-state index contributed by atoms with van der Waals surface area (Å²) in [7, 11) is 3.26. The predicted octanol–water partition coefficient (Wildman–Crippen LogP) is 2.27. The topological polar surface area (TPSA) is 52.0 Å². The lowest BCUT2D eigenvalue weighted by atomic mass is 10.1. The molecule has 1 heterocycles. The van der Waals surface area contributed by atoms with E-state index in [1.807, 2.05) is 13.8 Å². The van der Waals surface area contributed by atoms with Gasteiger partial charge in [-0.2, -0.15) is 5.10 Å². The summed E-state index contributed by atoms with van der Waals surface area (Å²) < 4.78 is 23.5. The van der Waals surface area contributed by atoms with Crippen molar-refractivity contribution < 1.29 is 8.42 Å². The zero-order valence-electron chi connectivity index (χ0n) is 8.66. The molecule has 1 aromatic rings. The summed E-state index contributed by atoms with van der Waals surface area (Å²) in [5.74, 6) is -0.175. The Kier molecular flexibility index (Phi) is 3.68. The number of rotatable bonds is 3. The number of aromatic nitrogens is 2. The Bertz CT molecular complexity index is 465. The van der Waals surface area contributed by atoms with Crippen LogP contribution in [0.25, 0.3) is 0 Å². The van der Waals surface area contributed by atoms with E-state index in [2.05, 4.69) is 5.10 Å². The van der Waals surface area contributed by atoms with Crippen LogP contribution in [0, 0.1) is 0 Å². The number of hydrogen-bond donors (Lipinski definition) is 0. The molecule has 0 spiro atoms. The van der Waals surface area contributed by atoms with Gasteiger partial charge >= 0.3 is 0 Å². The maximum atomic E-state index is 11.0. The third-order valence-electron chi connectivity index (χ3n) is 1.96. The molecule has 7 heteroatoms. The van der Waals surface area contributed by atoms with Gasteiger partial charge in [0.05, 0.1) is 11.4 Å². The normalized spacial score (nSPS) is 12.4. The molecule has 0 radical (unpaired) electrons. The van der Waals surface area contributed by atoms with Crippen molar-refractivity contribution in [2.45, 2.75) is 25.5 Å². The number of halogens is 2. The van der Waals surface area contributed by atoms with Gasteiger partial charge in [-0.3, -0.25) is 4.68 Å². The van der Waals surface area contributed by atoms with Gasteiger partial charge in [0.2, 0.25) is 9.05 Å². The summed E-state index contributed by atoms with van der Waals surface area (Å²) in [6.07, 6.45) is 0. The third-order valence-corrected chi connectivity index (χ3v) is 3.40. The number of aryl methyl sites for hydroxylation is 1. The van der Waals surface area contributed by atoms with Crippen LogP contribution in [0.5, 0.6) is 0 Å². The highest BCUT2D eigenvalue weighted by atomic mass is 35.7. The lowest BCUT2D eigenvalue weighted by Crippen LogP contribution is -2.00. The van der Waals surface area contributed by atoms with Crippen LogP contribution in [0.3, 0.4) is 0 Å². The molecule has 0 saturated carbocycles. The van der Waals surface area contributed by atoms with Gasteiger partial charge in [0.15, 0.2) is 0 Å². The van der Waals surface area contributed by atoms with Crippen LogP contribution < -0.4 is 0 Å². The van der Waals surface area contributed by atoms with Crippen LogP contribution in [0.2, 0.25) is 5.15 Å². The highest BCUT2D eigenvalue weighted by Crippen LogP contribution is 2.27. The molecule has 0 atom stereocenters. The molecule has 15 heavy (non-hydrogen) atoms. The van der Waals surface area contributed by atoms with E-state index >= 15 is 0 Å². The van der Waals surface area contributed by atoms with Crippen molar-refractivity contribution >= 4 is 31.3 Å². The quantitative estimate of drug-likeness (QED) is 0.792. The minimum Gasteiger partial charge on any atom is -0.256 e. The molecule has 0 bridgehead atoms. The molecular formula is C8H12Cl2N2O2S. The predicted molar refractivity (Wildman–Crippen MR) is 60.8 cm³/mol. The molecule has 0 amide bonds. The second-order valence-corrected chi connectivity index (χ2v) is 6.75. The van der Waals surface area contributed by atoms with Gasteiger partial charge in [0.25, 0.3) is 0 Å². The van der Waals surface area contributed by atoms with Crippen molar-refractivity contribution in [3.8, 4) is 0 Å². The molecule has 0 N–H and O–H groups in total. The standard InChI is InChI=1S/C8H12Cl2N2O2S/c1-5(2)7-6(4-15(10,13)14)8(9)12(3)11-7/h5H,4H2,1-3H3. The van der Waals surface area contributed by atoms with Crippen molar-refractivity contribution in [2.24, 2.45) is 7.05 Å². The highest BCUT2D eigenvalue weighted by molar-refractivity contribution is 8.13. The second kappa shape index (κ2) is 4.31. The Balaban J connectivity index is 3.26. The Morgan fingerprint density at radius 2 is 2.00 bits per heavy atom. The summed E-state index contributed by atoms with van der Waals surface area (Å²) in [6.45, 7) is 3.84. The molecule has 4 nitrogen and oxygen atoms in total. The van der Waals surface area contributed by atoms with Crippen molar-refractivity contribution in [3.05, 3.63) is 16.4 Å². The Labute approximate surface area is 98.6 Å². The first kappa shape index (κ1) is 12.8. The van der Waals surface area contributed by atoms with E-state index < -0.39 is 9.05 Å². The SMILES string of the molecule is CC(C)c1nn(C)c(Cl)c1CS(=O)(=O)Cl. The molecule has 0 aliphatic heterocycles. The highest BCUT2D eigenvalue weighted by Gasteiger charge is 2.21. The first-order valence-electron chi connectivity index (χ1n) is 4.36. The molecule has 0 aliphatic carbocycles. The first-order chi connectivity index (χ1) is 6.72. The second-order valence-electron chi connectivity index (χ2n) is 3.62. The zero-order valence-corrected chi connectivity index (χ0v) is 11.0. The molecule has 86 valence electrons. The lowest BCUT2D eigenvalue weighted by molar-refractivity contribution is 0.608. The van der Waals surface area contributed by atoms with Crippen molar-refractivity contribution in [2.75, 3.05) is 0 Å². The van der Waals surface area contributed by atoms with Gasteiger partial charge in [0.1, 0.15) is 5.15 Å². The van der Waals surface area contributed by atoms with Crippen molar-refractivity contribution in [1.82, 2.24) is 9.78 Å². The summed E-state index contributed by atoms with van der Waals surface area (Å²) in [4.78, 5) is 0. The minimum atomic E-state index is -3.61. The van der Waals surface area contributed by atoms with Crippen LogP contribution in [-0.2, 0) is 21.9 Å². The minimum absolute atomic E-state index is 0.108. The summed E-state index contributed by atoms with van der Waals surface area (Å²) in [6, 6.07) is 0. The van der Waals surface area contributed by atoms with Crippen LogP contribution in [0.4, 0.5) is 0 Å². The van der Waals surface area contributed by atoms with Crippen molar-refractivity contribution in [1.29, 1.82) is 0 Å². The maximum absolute atomic E-state index is 11.0. The molecule has 0 unspecified atom stereocenters. The molecule has 1 rings (SSSR count). The van der Waals surface area contributed by atoms with Gasteiger partial charge < -0.3 is 0 Å². The Morgan fingerprint density at radius 3 is 2.40 bits per heavy atom. The number of hydrogen-bond acceptors (Lipinski definition) is 3. The molecule has 0 saturated heterocycles. The first-order valence-corrected chi connectivity index (χ1v) is 7.21. The monoisotopic (exact) mass is 270 g/mol. The maximum Gasteiger partial charge on any atom is 0.236 e. The molecular weight excluding hydrogens is 259 g/mol. The largest absolute Gasteiger partial charge is 0.256 e. The number of nitrogens with zero attached hydrogens (tertiary/aromatic N) is 2. The van der Waals surface area contributed by atoms with E-state index in [0.717, 1.165) is 0 Å². The average Bonchev–Trinajstić information content (AvgIpc) is 2.30. The molecule has 0 fully saturated rings. The van der Waals surface area contributed by atoms with Crippen LogP contribution in [-0.4, -0.2) is 18.2 Å². The van der Waals surface area contributed by atoms with E-state index in [1.54, 1.807) is 7.05 Å². The van der Waals surface area contributed by atoms with E-state index in [0.29, 0.717) is 16.4 Å². The van der Waals surface area contributed by atoms with Gasteiger partial charge in [0, 0.05) is 23.3 Å². The van der Waals surface area contributed by atoms with E-state index in [4.69, 9.17) is 22.3 Å². The van der Waals surface area contributed by atoms with Gasteiger partial charge in [-0.15, -0.1) is 0 Å². The molecule has 0 aromatic carbocycles. The fourth-order valence-corrected chi connectivity index (χ4v) is 2.57. The molecule has 0 aliphatic rings. The lowest BCUT2D eigenvalue weighted by Gasteiger charge is -2.03. The smallest absolute Gasteiger partial charge is 0.236 e. The average molecular weight is 271 g/mol. The Hall–Kier alpha value is -0.260. The summed E-state index contributed by atoms with van der Waals surface area (Å²) >= 11 is 5.94. The van der Waals surface area contributed by atoms with E-state index in [1.165, 1.54) is 4.68 Å². The van der Waals surface area contributed by atoms with E-state index in [-0.39, 0.29) is 11.7 Å². The van der Waals surface area contributed by atoms with E-state index in [9.17, 15) is 8.42 Å². The van der Waals surface area contributed by atoms with Gasteiger partial charge in [-0.25, -0.2) is 8.42 Å². The summed E-state index contributed by atoms with van der Waals surface area (Å²) in [5.41, 5.74) is 1.16. The van der Waals surface area contributed by atoms with Crippen molar-refractivity contribution in [3.63, 3.8) is 0 Å². The Morgan fingerprint density at radius 1 is 1.47 bits per heavy atom. The fraction of sp³-hybridized carbons (Fsp3) is 0.625. The summed E-state index contributed by atoms with van der Waals surface area (Å²) in [5, 5.41) is 4.48. The van der Waals surface area contributed by atoms with Gasteiger partial charge in [-0.1, -0.05) is 25.4 Å².